The second-order valence-corrected chi connectivity index (χ2v) is 6.52. The van der Waals surface area contributed by atoms with Crippen LogP contribution < -0.4 is 4.72 Å². The Morgan fingerprint density at radius 1 is 1.14 bits per heavy atom. The van der Waals surface area contributed by atoms with E-state index in [0.717, 1.165) is 5.56 Å². The lowest BCUT2D eigenvalue weighted by atomic mass is 10.1. The second-order valence-electron chi connectivity index (χ2n) is 4.78. The van der Waals surface area contributed by atoms with Gasteiger partial charge in [-0.1, -0.05) is 30.3 Å². The lowest BCUT2D eigenvalue weighted by Crippen LogP contribution is -2.24. The smallest absolute Gasteiger partial charge is 0.337 e. The molecule has 6 heteroatoms. The van der Waals surface area contributed by atoms with Crippen LogP contribution in [0.25, 0.3) is 0 Å². The van der Waals surface area contributed by atoms with Gasteiger partial charge in [0, 0.05) is 6.54 Å². The Hall–Kier alpha value is -2.18. The molecule has 0 amide bonds. The molecule has 5 nitrogen and oxygen atoms in total. The molecule has 0 spiro atoms. The zero-order valence-electron chi connectivity index (χ0n) is 12.4. The largest absolute Gasteiger partial charge is 0.465 e. The van der Waals surface area contributed by atoms with E-state index in [-0.39, 0.29) is 11.4 Å². The fraction of sp³-hybridized carbons (Fsp3) is 0.188. The number of benzene rings is 2. The second kappa shape index (κ2) is 6.72. The lowest BCUT2D eigenvalue weighted by Gasteiger charge is -2.10. The Bertz CT molecular complexity index is 770. The van der Waals surface area contributed by atoms with Crippen molar-refractivity contribution in [2.45, 2.75) is 18.4 Å². The first kappa shape index (κ1) is 16.2. The molecular formula is C16H17NO4S. The van der Waals surface area contributed by atoms with Gasteiger partial charge in [0.1, 0.15) is 0 Å². The molecule has 0 aliphatic carbocycles. The van der Waals surface area contributed by atoms with Crippen molar-refractivity contribution in [1.29, 1.82) is 0 Å². The summed E-state index contributed by atoms with van der Waals surface area (Å²) < 4.78 is 31.9. The van der Waals surface area contributed by atoms with Gasteiger partial charge < -0.3 is 4.74 Å². The van der Waals surface area contributed by atoms with E-state index in [9.17, 15) is 13.2 Å². The molecule has 2 rings (SSSR count). The third-order valence-corrected chi connectivity index (χ3v) is 4.76. The van der Waals surface area contributed by atoms with Gasteiger partial charge in [-0.3, -0.25) is 0 Å². The highest BCUT2D eigenvalue weighted by Crippen LogP contribution is 2.17. The van der Waals surface area contributed by atoms with Crippen LogP contribution in [0.5, 0.6) is 0 Å². The predicted octanol–water partition coefficient (Wildman–Crippen LogP) is 2.26. The Kier molecular flexibility index (Phi) is 4.95. The first-order valence-electron chi connectivity index (χ1n) is 6.66. The minimum Gasteiger partial charge on any atom is -0.465 e. The first-order valence-corrected chi connectivity index (χ1v) is 8.15. The number of hydrogen-bond donors (Lipinski definition) is 1. The van der Waals surface area contributed by atoms with Crippen molar-refractivity contribution in [3.05, 3.63) is 65.2 Å². The molecule has 1 N–H and O–H groups in total. The van der Waals surface area contributed by atoms with E-state index in [4.69, 9.17) is 0 Å². The number of hydrogen-bond acceptors (Lipinski definition) is 4. The molecule has 0 heterocycles. The van der Waals surface area contributed by atoms with E-state index in [1.54, 1.807) is 6.92 Å². The van der Waals surface area contributed by atoms with Crippen LogP contribution in [0.1, 0.15) is 21.5 Å². The van der Waals surface area contributed by atoms with Gasteiger partial charge in [0.15, 0.2) is 0 Å². The zero-order valence-corrected chi connectivity index (χ0v) is 13.2. The van der Waals surface area contributed by atoms with Crippen molar-refractivity contribution in [2.24, 2.45) is 0 Å². The van der Waals surface area contributed by atoms with Crippen LogP contribution in [0.15, 0.2) is 53.4 Å². The number of sulfonamides is 1. The van der Waals surface area contributed by atoms with E-state index in [0.29, 0.717) is 11.1 Å². The van der Waals surface area contributed by atoms with E-state index < -0.39 is 16.0 Å². The Balaban J connectivity index is 2.21. The third kappa shape index (κ3) is 3.72. The summed E-state index contributed by atoms with van der Waals surface area (Å²) >= 11 is 0. The third-order valence-electron chi connectivity index (χ3n) is 3.19. The summed E-state index contributed by atoms with van der Waals surface area (Å²) in [4.78, 5) is 11.6. The summed E-state index contributed by atoms with van der Waals surface area (Å²) in [6.07, 6.45) is 0. The fourth-order valence-electron chi connectivity index (χ4n) is 2.05. The number of carbonyl (C=O) groups is 1. The van der Waals surface area contributed by atoms with E-state index >= 15 is 0 Å². The van der Waals surface area contributed by atoms with Crippen LogP contribution in [-0.2, 0) is 21.3 Å². The van der Waals surface area contributed by atoms with Crippen molar-refractivity contribution in [1.82, 2.24) is 4.72 Å². The molecule has 2 aromatic carbocycles. The number of carbonyl (C=O) groups excluding carboxylic acids is 1. The summed E-state index contributed by atoms with van der Waals surface area (Å²) in [6, 6.07) is 13.6. The predicted molar refractivity (Wildman–Crippen MR) is 83.0 cm³/mol. The number of esters is 1. The molecule has 116 valence electrons. The van der Waals surface area contributed by atoms with E-state index in [1.807, 2.05) is 30.3 Å². The van der Waals surface area contributed by atoms with Gasteiger partial charge >= 0.3 is 5.97 Å². The lowest BCUT2D eigenvalue weighted by molar-refractivity contribution is 0.0600. The van der Waals surface area contributed by atoms with Gasteiger partial charge in [0.25, 0.3) is 0 Å². The molecule has 0 saturated heterocycles. The van der Waals surface area contributed by atoms with Gasteiger partial charge in [-0.25, -0.2) is 17.9 Å². The van der Waals surface area contributed by atoms with Gasteiger partial charge in [0.05, 0.1) is 17.6 Å². The molecule has 0 bridgehead atoms. The highest BCUT2D eigenvalue weighted by atomic mass is 32.2. The monoisotopic (exact) mass is 319 g/mol. The topological polar surface area (TPSA) is 72.5 Å². The number of methoxy groups -OCH3 is 1. The molecule has 0 aliphatic rings. The van der Waals surface area contributed by atoms with Crippen molar-refractivity contribution in [2.75, 3.05) is 7.11 Å². The van der Waals surface area contributed by atoms with Crippen LogP contribution in [0, 0.1) is 6.92 Å². The minimum atomic E-state index is -3.64. The highest BCUT2D eigenvalue weighted by molar-refractivity contribution is 7.89. The van der Waals surface area contributed by atoms with Crippen molar-refractivity contribution >= 4 is 16.0 Å². The number of ether oxygens (including phenoxy) is 1. The average Bonchev–Trinajstić information content (AvgIpc) is 2.53. The Labute approximate surface area is 130 Å². The zero-order chi connectivity index (χ0) is 16.2. The number of rotatable bonds is 5. The Morgan fingerprint density at radius 3 is 2.41 bits per heavy atom. The molecule has 0 aromatic heterocycles. The summed E-state index contributed by atoms with van der Waals surface area (Å²) in [5, 5.41) is 0. The fourth-order valence-corrected chi connectivity index (χ4v) is 3.29. The van der Waals surface area contributed by atoms with Gasteiger partial charge in [-0.2, -0.15) is 0 Å². The van der Waals surface area contributed by atoms with Crippen LogP contribution in [0.3, 0.4) is 0 Å². The molecule has 22 heavy (non-hydrogen) atoms. The highest BCUT2D eigenvalue weighted by Gasteiger charge is 2.18. The summed E-state index contributed by atoms with van der Waals surface area (Å²) in [6.45, 7) is 1.85. The van der Waals surface area contributed by atoms with Crippen LogP contribution in [0.4, 0.5) is 0 Å². The minimum absolute atomic E-state index is 0.149. The van der Waals surface area contributed by atoms with Gasteiger partial charge in [0.2, 0.25) is 10.0 Å². The Morgan fingerprint density at radius 2 is 1.82 bits per heavy atom. The molecule has 0 aliphatic heterocycles. The molecule has 0 atom stereocenters. The molecule has 0 radical (unpaired) electrons. The summed E-state index contributed by atoms with van der Waals surface area (Å²) in [5.41, 5.74) is 1.68. The van der Waals surface area contributed by atoms with E-state index in [2.05, 4.69) is 9.46 Å². The quantitative estimate of drug-likeness (QED) is 0.858. The van der Waals surface area contributed by atoms with Gasteiger partial charge in [-0.15, -0.1) is 0 Å². The van der Waals surface area contributed by atoms with Crippen LogP contribution in [0.2, 0.25) is 0 Å². The molecule has 0 fully saturated rings. The average molecular weight is 319 g/mol. The molecule has 0 saturated carbocycles. The first-order chi connectivity index (χ1) is 10.4. The van der Waals surface area contributed by atoms with Crippen LogP contribution >= 0.6 is 0 Å². The normalized spacial score (nSPS) is 11.2. The maximum Gasteiger partial charge on any atom is 0.337 e. The summed E-state index contributed by atoms with van der Waals surface area (Å²) in [5.74, 6) is -0.496. The van der Waals surface area contributed by atoms with Gasteiger partial charge in [-0.05, 0) is 36.2 Å². The summed E-state index contributed by atoms with van der Waals surface area (Å²) in [7, 11) is -2.36. The van der Waals surface area contributed by atoms with Crippen molar-refractivity contribution in [3.8, 4) is 0 Å². The number of aryl methyl sites for hydroxylation is 1. The molecule has 2 aromatic rings. The van der Waals surface area contributed by atoms with Crippen molar-refractivity contribution in [3.63, 3.8) is 0 Å². The molecular weight excluding hydrogens is 302 g/mol. The SMILES string of the molecule is COC(=O)c1ccc(S(=O)(=O)NCc2ccccc2)c(C)c1. The molecule has 0 unspecified atom stereocenters. The maximum absolute atomic E-state index is 12.3. The maximum atomic E-state index is 12.3. The van der Waals surface area contributed by atoms with Crippen LogP contribution in [-0.4, -0.2) is 21.5 Å². The number of nitrogens with one attached hydrogen (secondary N) is 1. The van der Waals surface area contributed by atoms with E-state index in [1.165, 1.54) is 25.3 Å². The standard InChI is InChI=1S/C16H17NO4S/c1-12-10-14(16(18)21-2)8-9-15(12)22(19,20)17-11-13-6-4-3-5-7-13/h3-10,17H,11H2,1-2H3. The van der Waals surface area contributed by atoms with Crippen molar-refractivity contribution < 1.29 is 17.9 Å².